The van der Waals surface area contributed by atoms with E-state index in [4.69, 9.17) is 4.74 Å². The van der Waals surface area contributed by atoms with Crippen molar-refractivity contribution in [3.8, 4) is 16.9 Å². The Labute approximate surface area is 181 Å². The molecule has 7 nitrogen and oxygen atoms in total. The highest BCUT2D eigenvalue weighted by molar-refractivity contribution is 5.97. The van der Waals surface area contributed by atoms with Crippen LogP contribution in [0.2, 0.25) is 0 Å². The van der Waals surface area contributed by atoms with Gasteiger partial charge in [0.05, 0.1) is 19.3 Å². The van der Waals surface area contributed by atoms with Crippen molar-refractivity contribution >= 4 is 16.7 Å². The van der Waals surface area contributed by atoms with Crippen LogP contribution in [0.4, 0.5) is 0 Å². The van der Waals surface area contributed by atoms with Gasteiger partial charge in [-0.3, -0.25) is 14.9 Å². The van der Waals surface area contributed by atoms with Crippen molar-refractivity contribution in [1.82, 2.24) is 25.4 Å². The highest BCUT2D eigenvalue weighted by Gasteiger charge is 2.18. The van der Waals surface area contributed by atoms with E-state index in [2.05, 4.69) is 20.5 Å². The smallest absolute Gasteiger partial charge is 0.270 e. The zero-order chi connectivity index (χ0) is 21.8. The molecule has 158 valence electrons. The zero-order valence-corrected chi connectivity index (χ0v) is 17.8. The summed E-state index contributed by atoms with van der Waals surface area (Å²) in [4.78, 5) is 19.5. The van der Waals surface area contributed by atoms with Crippen LogP contribution in [-0.4, -0.2) is 53.7 Å². The van der Waals surface area contributed by atoms with Crippen LogP contribution in [-0.2, 0) is 0 Å². The van der Waals surface area contributed by atoms with Crippen LogP contribution in [0.1, 0.15) is 22.1 Å². The lowest BCUT2D eigenvalue weighted by molar-refractivity contribution is 0.0925. The predicted molar refractivity (Wildman–Crippen MR) is 121 cm³/mol. The number of benzene rings is 2. The van der Waals surface area contributed by atoms with Gasteiger partial charge < -0.3 is 15.0 Å². The minimum absolute atomic E-state index is 0.202. The molecule has 2 aromatic heterocycles. The van der Waals surface area contributed by atoms with E-state index in [1.807, 2.05) is 73.7 Å². The second-order valence-electron chi connectivity index (χ2n) is 7.68. The Hall–Kier alpha value is -3.71. The van der Waals surface area contributed by atoms with Gasteiger partial charge in [0.1, 0.15) is 11.4 Å². The Morgan fingerprint density at radius 3 is 2.71 bits per heavy atom. The second kappa shape index (κ2) is 8.97. The summed E-state index contributed by atoms with van der Waals surface area (Å²) in [5.74, 6) is 0.538. The molecule has 0 saturated heterocycles. The number of hydrogen-bond donors (Lipinski definition) is 2. The molecule has 0 spiro atoms. The van der Waals surface area contributed by atoms with Crippen LogP contribution in [0.25, 0.3) is 21.9 Å². The highest BCUT2D eigenvalue weighted by atomic mass is 16.5. The molecule has 7 heteroatoms. The van der Waals surface area contributed by atoms with Crippen LogP contribution in [0.5, 0.6) is 5.75 Å². The summed E-state index contributed by atoms with van der Waals surface area (Å²) in [6.07, 6.45) is 5.35. The van der Waals surface area contributed by atoms with Crippen molar-refractivity contribution in [1.29, 1.82) is 0 Å². The number of aromatic amines is 1. The maximum atomic E-state index is 13.1. The predicted octanol–water partition coefficient (Wildman–Crippen LogP) is 3.67. The van der Waals surface area contributed by atoms with Gasteiger partial charge in [-0.05, 0) is 54.9 Å². The molecule has 0 radical (unpaired) electrons. The van der Waals surface area contributed by atoms with Gasteiger partial charge in [-0.1, -0.05) is 24.3 Å². The molecular weight excluding hydrogens is 390 g/mol. The first-order chi connectivity index (χ1) is 15.0. The van der Waals surface area contributed by atoms with Gasteiger partial charge in [0.15, 0.2) is 0 Å². The number of likely N-dealkylation sites (N-methyl/N-ethyl adjacent to an activating group) is 1. The summed E-state index contributed by atoms with van der Waals surface area (Å²) in [5.41, 5.74) is 3.38. The van der Waals surface area contributed by atoms with E-state index in [0.29, 0.717) is 12.2 Å². The van der Waals surface area contributed by atoms with Crippen LogP contribution in [0, 0.1) is 0 Å². The average Bonchev–Trinajstić information content (AvgIpc) is 3.32. The van der Waals surface area contributed by atoms with Crippen LogP contribution in [0.3, 0.4) is 0 Å². The molecule has 0 fully saturated rings. The fourth-order valence-corrected chi connectivity index (χ4v) is 3.54. The summed E-state index contributed by atoms with van der Waals surface area (Å²) < 4.78 is 5.34. The molecule has 0 bridgehead atoms. The Morgan fingerprint density at radius 2 is 1.97 bits per heavy atom. The molecule has 0 aliphatic heterocycles. The molecule has 0 aliphatic carbocycles. The first-order valence-corrected chi connectivity index (χ1v) is 10.0. The number of H-pyrrole nitrogens is 1. The number of hydrogen-bond acceptors (Lipinski definition) is 5. The fourth-order valence-electron chi connectivity index (χ4n) is 3.54. The van der Waals surface area contributed by atoms with Gasteiger partial charge in [0, 0.05) is 29.9 Å². The largest absolute Gasteiger partial charge is 0.497 e. The SMILES string of the molecule is COc1cccc(C(CN(C)C)NC(=O)c2cc3cc(-c4cn[nH]c4)ccc3cn2)c1. The number of carbonyl (C=O) groups is 1. The number of amides is 1. The molecule has 2 heterocycles. The highest BCUT2D eigenvalue weighted by Crippen LogP contribution is 2.24. The third-order valence-corrected chi connectivity index (χ3v) is 5.14. The second-order valence-corrected chi connectivity index (χ2v) is 7.68. The molecule has 4 rings (SSSR count). The number of carbonyl (C=O) groups excluding carboxylic acids is 1. The summed E-state index contributed by atoms with van der Waals surface area (Å²) in [7, 11) is 5.59. The van der Waals surface area contributed by atoms with Crippen LogP contribution >= 0.6 is 0 Å². The number of methoxy groups -OCH3 is 1. The van der Waals surface area contributed by atoms with E-state index in [1.165, 1.54) is 0 Å². The minimum atomic E-state index is -0.217. The number of nitrogens with one attached hydrogen (secondary N) is 2. The Morgan fingerprint density at radius 1 is 1.10 bits per heavy atom. The van der Waals surface area contributed by atoms with Crippen LogP contribution in [0.15, 0.2) is 67.1 Å². The van der Waals surface area contributed by atoms with Crippen molar-refractivity contribution in [3.05, 3.63) is 78.4 Å². The molecule has 2 aromatic carbocycles. The average molecular weight is 415 g/mol. The van der Waals surface area contributed by atoms with Gasteiger partial charge in [0.25, 0.3) is 5.91 Å². The van der Waals surface area contributed by atoms with E-state index >= 15 is 0 Å². The zero-order valence-electron chi connectivity index (χ0n) is 17.8. The van der Waals surface area contributed by atoms with E-state index in [-0.39, 0.29) is 11.9 Å². The van der Waals surface area contributed by atoms with Gasteiger partial charge in [-0.25, -0.2) is 0 Å². The third-order valence-electron chi connectivity index (χ3n) is 5.14. The maximum absolute atomic E-state index is 13.1. The molecular formula is C24H25N5O2. The number of nitrogens with zero attached hydrogens (tertiary/aromatic N) is 3. The number of aromatic nitrogens is 3. The third kappa shape index (κ3) is 4.73. The number of ether oxygens (including phenoxy) is 1. The molecule has 2 N–H and O–H groups in total. The Balaban J connectivity index is 1.61. The topological polar surface area (TPSA) is 83.1 Å². The number of pyridine rings is 1. The minimum Gasteiger partial charge on any atom is -0.497 e. The normalized spacial score (nSPS) is 12.1. The Kier molecular flexibility index (Phi) is 5.95. The van der Waals surface area contributed by atoms with Gasteiger partial charge in [0.2, 0.25) is 0 Å². The van der Waals surface area contributed by atoms with Crippen molar-refractivity contribution in [2.45, 2.75) is 6.04 Å². The van der Waals surface area contributed by atoms with E-state index in [9.17, 15) is 4.79 Å². The summed E-state index contributed by atoms with van der Waals surface area (Å²) in [5, 5.41) is 11.9. The molecule has 1 atom stereocenters. The van der Waals surface area contributed by atoms with E-state index in [1.54, 1.807) is 19.5 Å². The molecule has 0 saturated carbocycles. The first-order valence-electron chi connectivity index (χ1n) is 10.0. The lowest BCUT2D eigenvalue weighted by Crippen LogP contribution is -2.35. The number of rotatable bonds is 7. The number of fused-ring (bicyclic) bond motifs is 1. The standard InChI is InChI=1S/C24H25N5O2/c1-29(2)15-23(17-5-4-6-21(10-17)31-3)28-24(30)22-11-19-9-16(20-13-26-27-14-20)7-8-18(19)12-25-22/h4-14,23H,15H2,1-3H3,(H,26,27)(H,28,30). The summed E-state index contributed by atoms with van der Waals surface area (Å²) >= 11 is 0. The first kappa shape index (κ1) is 20.6. The quantitative estimate of drug-likeness (QED) is 0.481. The van der Waals surface area contributed by atoms with E-state index in [0.717, 1.165) is 33.2 Å². The van der Waals surface area contributed by atoms with Crippen molar-refractivity contribution in [3.63, 3.8) is 0 Å². The molecule has 0 aliphatic rings. The lowest BCUT2D eigenvalue weighted by atomic mass is 10.0. The van der Waals surface area contributed by atoms with Gasteiger partial charge in [-0.2, -0.15) is 5.10 Å². The van der Waals surface area contributed by atoms with Gasteiger partial charge >= 0.3 is 0 Å². The van der Waals surface area contributed by atoms with E-state index < -0.39 is 0 Å². The molecule has 1 amide bonds. The van der Waals surface area contributed by atoms with Crippen molar-refractivity contribution in [2.75, 3.05) is 27.7 Å². The van der Waals surface area contributed by atoms with Crippen molar-refractivity contribution in [2.24, 2.45) is 0 Å². The fraction of sp³-hybridized carbons (Fsp3) is 0.208. The Bertz CT molecular complexity index is 1190. The molecule has 4 aromatic rings. The van der Waals surface area contributed by atoms with Crippen molar-refractivity contribution < 1.29 is 9.53 Å². The monoisotopic (exact) mass is 415 g/mol. The summed E-state index contributed by atoms with van der Waals surface area (Å²) in [6, 6.07) is 15.4. The molecule has 1 unspecified atom stereocenters. The van der Waals surface area contributed by atoms with Gasteiger partial charge in [-0.15, -0.1) is 0 Å². The summed E-state index contributed by atoms with van der Waals surface area (Å²) in [6.45, 7) is 0.650. The molecule has 31 heavy (non-hydrogen) atoms. The lowest BCUT2D eigenvalue weighted by Gasteiger charge is -2.23. The maximum Gasteiger partial charge on any atom is 0.270 e. The van der Waals surface area contributed by atoms with Crippen LogP contribution < -0.4 is 10.1 Å².